The van der Waals surface area contributed by atoms with Crippen LogP contribution in [0.5, 0.6) is 0 Å². The number of nitrogens with zero attached hydrogens (tertiary/aromatic N) is 2. The van der Waals surface area contributed by atoms with Gasteiger partial charge in [0.25, 0.3) is 0 Å². The molecule has 0 radical (unpaired) electrons. The molecule has 114 valence electrons. The highest BCUT2D eigenvalue weighted by Crippen LogP contribution is 2.43. The van der Waals surface area contributed by atoms with E-state index in [9.17, 15) is 5.26 Å². The Kier molecular flexibility index (Phi) is 5.39. The molecule has 0 spiro atoms. The van der Waals surface area contributed by atoms with E-state index in [4.69, 9.17) is 0 Å². The Balaban J connectivity index is 1.87. The number of nitrogens with one attached hydrogen (secondary N) is 1. The highest BCUT2D eigenvalue weighted by atomic mass is 15.1. The smallest absolute Gasteiger partial charge is 0.0852 e. The number of likely N-dealkylation sites (N-methyl/N-ethyl adjacent to an activating group) is 1. The summed E-state index contributed by atoms with van der Waals surface area (Å²) in [6, 6.07) is 13.7. The number of hydrogen-bond donors (Lipinski definition) is 1. The highest BCUT2D eigenvalue weighted by Gasteiger charge is 2.46. The Hall–Kier alpha value is -1.37. The zero-order valence-corrected chi connectivity index (χ0v) is 13.5. The van der Waals surface area contributed by atoms with Crippen LogP contribution in [-0.4, -0.2) is 36.6 Å². The van der Waals surface area contributed by atoms with Crippen LogP contribution in [0.15, 0.2) is 30.3 Å². The van der Waals surface area contributed by atoms with Crippen LogP contribution in [0, 0.1) is 11.3 Å². The summed E-state index contributed by atoms with van der Waals surface area (Å²) < 4.78 is 0. The summed E-state index contributed by atoms with van der Waals surface area (Å²) in [7, 11) is 0. The average Bonchev–Trinajstić information content (AvgIpc) is 2.49. The molecule has 0 amide bonds. The van der Waals surface area contributed by atoms with Gasteiger partial charge in [-0.15, -0.1) is 0 Å². The molecule has 1 aromatic carbocycles. The second-order valence-electron chi connectivity index (χ2n) is 6.22. The van der Waals surface area contributed by atoms with Crippen molar-refractivity contribution in [1.29, 1.82) is 5.26 Å². The lowest BCUT2D eigenvalue weighted by molar-refractivity contribution is 0.189. The highest BCUT2D eigenvalue weighted by molar-refractivity contribution is 5.36. The van der Waals surface area contributed by atoms with Crippen molar-refractivity contribution >= 4 is 0 Å². The summed E-state index contributed by atoms with van der Waals surface area (Å²) in [5.74, 6) is 0. The first-order valence-electron chi connectivity index (χ1n) is 8.08. The molecule has 1 aromatic rings. The molecule has 3 heteroatoms. The van der Waals surface area contributed by atoms with Gasteiger partial charge in [-0.3, -0.25) is 0 Å². The topological polar surface area (TPSA) is 39.1 Å². The summed E-state index contributed by atoms with van der Waals surface area (Å²) in [5, 5.41) is 13.3. The van der Waals surface area contributed by atoms with Crippen LogP contribution in [0.2, 0.25) is 0 Å². The normalized spacial score (nSPS) is 26.1. The number of nitriles is 1. The molecular weight excluding hydrogens is 258 g/mol. The average molecular weight is 285 g/mol. The SMILES string of the molecule is CCN(CC)CC(C)NC1CC(C#N)(c2ccccc2)C1. The lowest BCUT2D eigenvalue weighted by Crippen LogP contribution is -2.55. The Morgan fingerprint density at radius 2 is 1.90 bits per heavy atom. The Morgan fingerprint density at radius 1 is 1.29 bits per heavy atom. The van der Waals surface area contributed by atoms with E-state index in [2.05, 4.69) is 49.2 Å². The third-order valence-electron chi connectivity index (χ3n) is 4.68. The van der Waals surface area contributed by atoms with Crippen LogP contribution in [0.25, 0.3) is 0 Å². The molecule has 1 aliphatic rings. The fourth-order valence-electron chi connectivity index (χ4n) is 3.37. The van der Waals surface area contributed by atoms with Gasteiger partial charge < -0.3 is 10.2 Å². The second-order valence-corrected chi connectivity index (χ2v) is 6.22. The molecule has 0 saturated heterocycles. The van der Waals surface area contributed by atoms with Crippen LogP contribution >= 0.6 is 0 Å². The van der Waals surface area contributed by atoms with Gasteiger partial charge in [-0.25, -0.2) is 0 Å². The maximum absolute atomic E-state index is 9.58. The fourth-order valence-corrected chi connectivity index (χ4v) is 3.37. The molecule has 1 saturated carbocycles. The second kappa shape index (κ2) is 7.06. The van der Waals surface area contributed by atoms with Crippen molar-refractivity contribution in [3.63, 3.8) is 0 Å². The molecular formula is C18H27N3. The standard InChI is InChI=1S/C18H27N3/c1-4-21(5-2)13-15(3)20-17-11-18(12-17,14-19)16-9-7-6-8-10-16/h6-10,15,17,20H,4-5,11-13H2,1-3H3. The van der Waals surface area contributed by atoms with Crippen molar-refractivity contribution in [3.8, 4) is 6.07 Å². The summed E-state index contributed by atoms with van der Waals surface area (Å²) in [4.78, 5) is 2.44. The molecule has 0 bridgehead atoms. The van der Waals surface area contributed by atoms with Gasteiger partial charge in [-0.2, -0.15) is 5.26 Å². The summed E-state index contributed by atoms with van der Waals surface area (Å²) in [6.45, 7) is 9.92. The first-order chi connectivity index (χ1) is 10.1. The van der Waals surface area contributed by atoms with E-state index in [1.807, 2.05) is 18.2 Å². The van der Waals surface area contributed by atoms with Crippen LogP contribution < -0.4 is 5.32 Å². The summed E-state index contributed by atoms with van der Waals surface area (Å²) in [5.41, 5.74) is 0.898. The van der Waals surface area contributed by atoms with Gasteiger partial charge in [0.1, 0.15) is 0 Å². The van der Waals surface area contributed by atoms with Crippen molar-refractivity contribution in [1.82, 2.24) is 10.2 Å². The zero-order valence-electron chi connectivity index (χ0n) is 13.5. The largest absolute Gasteiger partial charge is 0.310 e. The maximum Gasteiger partial charge on any atom is 0.0852 e. The van der Waals surface area contributed by atoms with Crippen molar-refractivity contribution < 1.29 is 0 Å². The van der Waals surface area contributed by atoms with E-state index in [-0.39, 0.29) is 5.41 Å². The van der Waals surface area contributed by atoms with Gasteiger partial charge in [0, 0.05) is 18.6 Å². The fraction of sp³-hybridized carbons (Fsp3) is 0.611. The van der Waals surface area contributed by atoms with E-state index >= 15 is 0 Å². The van der Waals surface area contributed by atoms with Gasteiger partial charge >= 0.3 is 0 Å². The molecule has 0 aliphatic heterocycles. The maximum atomic E-state index is 9.58. The van der Waals surface area contributed by atoms with E-state index in [1.54, 1.807) is 0 Å². The number of hydrogen-bond acceptors (Lipinski definition) is 3. The molecule has 1 fully saturated rings. The van der Waals surface area contributed by atoms with Crippen molar-refractivity contribution in [2.75, 3.05) is 19.6 Å². The summed E-state index contributed by atoms with van der Waals surface area (Å²) in [6.07, 6.45) is 1.85. The quantitative estimate of drug-likeness (QED) is 0.837. The molecule has 1 atom stereocenters. The van der Waals surface area contributed by atoms with Crippen LogP contribution in [0.3, 0.4) is 0 Å². The van der Waals surface area contributed by atoms with E-state index in [1.165, 1.54) is 5.56 Å². The minimum absolute atomic E-state index is 0.270. The van der Waals surface area contributed by atoms with Crippen LogP contribution in [0.1, 0.15) is 39.2 Å². The van der Waals surface area contributed by atoms with Crippen molar-refractivity contribution in [2.24, 2.45) is 0 Å². The van der Waals surface area contributed by atoms with Gasteiger partial charge in [0.05, 0.1) is 11.5 Å². The monoisotopic (exact) mass is 285 g/mol. The van der Waals surface area contributed by atoms with Gasteiger partial charge in [-0.05, 0) is 38.4 Å². The predicted octanol–water partition coefficient (Wildman–Crippen LogP) is 2.93. The third-order valence-corrected chi connectivity index (χ3v) is 4.68. The Bertz CT molecular complexity index is 467. The minimum Gasteiger partial charge on any atom is -0.310 e. The van der Waals surface area contributed by atoms with Crippen LogP contribution in [0.4, 0.5) is 0 Å². The van der Waals surface area contributed by atoms with E-state index in [0.29, 0.717) is 12.1 Å². The molecule has 1 N–H and O–H groups in total. The molecule has 1 unspecified atom stereocenters. The van der Waals surface area contributed by atoms with Crippen molar-refractivity contribution in [2.45, 2.75) is 51.1 Å². The molecule has 0 aromatic heterocycles. The number of benzene rings is 1. The van der Waals surface area contributed by atoms with Gasteiger partial charge in [0.2, 0.25) is 0 Å². The first kappa shape index (κ1) is 16.0. The van der Waals surface area contributed by atoms with Gasteiger partial charge in [0.15, 0.2) is 0 Å². The molecule has 0 heterocycles. The zero-order chi connectivity index (χ0) is 15.3. The summed E-state index contributed by atoms with van der Waals surface area (Å²) >= 11 is 0. The van der Waals surface area contributed by atoms with E-state index < -0.39 is 0 Å². The number of rotatable bonds is 7. The lowest BCUT2D eigenvalue weighted by Gasteiger charge is -2.45. The molecule has 3 nitrogen and oxygen atoms in total. The van der Waals surface area contributed by atoms with Crippen molar-refractivity contribution in [3.05, 3.63) is 35.9 Å². The minimum atomic E-state index is -0.270. The lowest BCUT2D eigenvalue weighted by atomic mass is 9.62. The molecule has 2 rings (SSSR count). The Labute approximate surface area is 129 Å². The Morgan fingerprint density at radius 3 is 2.43 bits per heavy atom. The van der Waals surface area contributed by atoms with Gasteiger partial charge in [-0.1, -0.05) is 44.2 Å². The van der Waals surface area contributed by atoms with E-state index in [0.717, 1.165) is 32.5 Å². The van der Waals surface area contributed by atoms with Crippen LogP contribution in [-0.2, 0) is 5.41 Å². The molecule has 21 heavy (non-hydrogen) atoms. The molecule has 1 aliphatic carbocycles. The first-order valence-corrected chi connectivity index (χ1v) is 8.08. The predicted molar refractivity (Wildman–Crippen MR) is 87.1 cm³/mol. The third kappa shape index (κ3) is 3.64.